The Kier molecular flexibility index (Phi) is 4.31. The quantitative estimate of drug-likeness (QED) is 0.818. The second kappa shape index (κ2) is 6.25. The van der Waals surface area contributed by atoms with Crippen LogP contribution in [0.15, 0.2) is 29.8 Å². The van der Waals surface area contributed by atoms with Gasteiger partial charge in [0.2, 0.25) is 5.88 Å². The van der Waals surface area contributed by atoms with Crippen molar-refractivity contribution in [2.24, 2.45) is 7.05 Å². The maximum absolute atomic E-state index is 12.7. The predicted octanol–water partition coefficient (Wildman–Crippen LogP) is 0.751. The van der Waals surface area contributed by atoms with Gasteiger partial charge in [-0.25, -0.2) is 23.4 Å². The van der Waals surface area contributed by atoms with Crippen LogP contribution in [-0.4, -0.2) is 51.4 Å². The Morgan fingerprint density at radius 1 is 1.39 bits per heavy atom. The monoisotopic (exact) mass is 337 g/mol. The third-order valence-corrected chi connectivity index (χ3v) is 5.61. The van der Waals surface area contributed by atoms with Crippen LogP contribution in [0.1, 0.15) is 18.7 Å². The highest BCUT2D eigenvalue weighted by molar-refractivity contribution is 7.89. The minimum absolute atomic E-state index is 0.0835. The van der Waals surface area contributed by atoms with Crippen LogP contribution in [0.2, 0.25) is 0 Å². The van der Waals surface area contributed by atoms with Gasteiger partial charge in [0.25, 0.3) is 10.0 Å². The minimum Gasteiger partial charge on any atom is -0.473 e. The molecule has 23 heavy (non-hydrogen) atoms. The molecule has 3 rings (SSSR count). The fourth-order valence-corrected chi connectivity index (χ4v) is 4.06. The van der Waals surface area contributed by atoms with Gasteiger partial charge in [-0.15, -0.1) is 0 Å². The fraction of sp³-hybridized carbons (Fsp3) is 0.500. The van der Waals surface area contributed by atoms with Gasteiger partial charge in [0.05, 0.1) is 6.54 Å². The first-order valence-corrected chi connectivity index (χ1v) is 8.83. The minimum atomic E-state index is -3.60. The molecule has 0 aliphatic carbocycles. The SMILES string of the molecule is Cc1nc(S(=O)(=O)N2CCCC(Oc3ccncn3)C2)cn1C. The number of sulfonamides is 1. The third-order valence-electron chi connectivity index (χ3n) is 3.87. The van der Waals surface area contributed by atoms with E-state index in [-0.39, 0.29) is 11.1 Å². The first-order chi connectivity index (χ1) is 11.0. The van der Waals surface area contributed by atoms with Crippen LogP contribution in [0, 0.1) is 6.92 Å². The Morgan fingerprint density at radius 2 is 2.22 bits per heavy atom. The lowest BCUT2D eigenvalue weighted by atomic mass is 10.1. The van der Waals surface area contributed by atoms with Crippen LogP contribution in [0.5, 0.6) is 5.88 Å². The van der Waals surface area contributed by atoms with Crippen LogP contribution in [0.3, 0.4) is 0 Å². The largest absolute Gasteiger partial charge is 0.473 e. The van der Waals surface area contributed by atoms with Crippen molar-refractivity contribution < 1.29 is 13.2 Å². The molecule has 0 bridgehead atoms. The van der Waals surface area contributed by atoms with Crippen molar-refractivity contribution in [2.45, 2.75) is 30.9 Å². The molecular formula is C14H19N5O3S. The van der Waals surface area contributed by atoms with Crippen molar-refractivity contribution in [1.29, 1.82) is 0 Å². The van der Waals surface area contributed by atoms with Gasteiger partial charge in [-0.2, -0.15) is 4.31 Å². The summed E-state index contributed by atoms with van der Waals surface area (Å²) >= 11 is 0. The molecule has 2 aromatic rings. The van der Waals surface area contributed by atoms with E-state index in [9.17, 15) is 8.42 Å². The van der Waals surface area contributed by atoms with E-state index in [2.05, 4.69) is 15.0 Å². The van der Waals surface area contributed by atoms with Crippen molar-refractivity contribution in [3.8, 4) is 5.88 Å². The maximum atomic E-state index is 12.7. The van der Waals surface area contributed by atoms with Crippen molar-refractivity contribution >= 4 is 10.0 Å². The van der Waals surface area contributed by atoms with Gasteiger partial charge >= 0.3 is 0 Å². The molecule has 1 saturated heterocycles. The molecule has 2 aromatic heterocycles. The average Bonchev–Trinajstić information content (AvgIpc) is 2.89. The number of piperidine rings is 1. The Hall–Kier alpha value is -2.00. The summed E-state index contributed by atoms with van der Waals surface area (Å²) in [5.41, 5.74) is 0. The summed E-state index contributed by atoms with van der Waals surface area (Å²) in [7, 11) is -1.82. The van der Waals surface area contributed by atoms with Crippen molar-refractivity contribution in [3.63, 3.8) is 0 Å². The second-order valence-electron chi connectivity index (χ2n) is 5.53. The van der Waals surface area contributed by atoms with Gasteiger partial charge in [0.1, 0.15) is 18.3 Å². The number of nitrogens with zero attached hydrogens (tertiary/aromatic N) is 5. The van der Waals surface area contributed by atoms with E-state index in [1.54, 1.807) is 37.0 Å². The van der Waals surface area contributed by atoms with E-state index in [1.807, 2.05) is 0 Å². The van der Waals surface area contributed by atoms with E-state index in [0.717, 1.165) is 12.8 Å². The average molecular weight is 337 g/mol. The predicted molar refractivity (Wildman–Crippen MR) is 82.4 cm³/mol. The molecule has 124 valence electrons. The standard InChI is InChI=1S/C14H19N5O3S/c1-11-17-14(9-18(11)2)23(20,21)19-7-3-4-12(8-19)22-13-5-6-15-10-16-13/h5-6,9-10,12H,3-4,7-8H2,1-2H3. The Bertz CT molecular complexity index is 755. The molecule has 3 heterocycles. The summed E-state index contributed by atoms with van der Waals surface area (Å²) in [5.74, 6) is 1.12. The normalized spacial score (nSPS) is 19.7. The fourth-order valence-electron chi connectivity index (χ4n) is 2.52. The highest BCUT2D eigenvalue weighted by Crippen LogP contribution is 2.22. The molecule has 1 atom stereocenters. The van der Waals surface area contributed by atoms with Crippen molar-refractivity contribution in [2.75, 3.05) is 13.1 Å². The molecule has 0 radical (unpaired) electrons. The maximum Gasteiger partial charge on any atom is 0.262 e. The van der Waals surface area contributed by atoms with Crippen LogP contribution in [-0.2, 0) is 17.1 Å². The third kappa shape index (κ3) is 3.35. The molecule has 0 spiro atoms. The number of aryl methyl sites for hydroxylation is 2. The van der Waals surface area contributed by atoms with E-state index in [0.29, 0.717) is 24.8 Å². The molecule has 0 amide bonds. The highest BCUT2D eigenvalue weighted by atomic mass is 32.2. The molecule has 1 aliphatic heterocycles. The van der Waals surface area contributed by atoms with E-state index >= 15 is 0 Å². The topological polar surface area (TPSA) is 90.2 Å². The second-order valence-corrected chi connectivity index (χ2v) is 7.41. The van der Waals surface area contributed by atoms with Gasteiger partial charge in [-0.3, -0.25) is 0 Å². The number of hydrogen-bond donors (Lipinski definition) is 0. The summed E-state index contributed by atoms with van der Waals surface area (Å²) in [6.07, 6.45) is 5.84. The van der Waals surface area contributed by atoms with Crippen LogP contribution in [0.4, 0.5) is 0 Å². The molecule has 1 unspecified atom stereocenters. The first kappa shape index (κ1) is 15.9. The number of ether oxygens (including phenoxy) is 1. The van der Waals surface area contributed by atoms with Crippen molar-refractivity contribution in [1.82, 2.24) is 23.8 Å². The molecule has 0 N–H and O–H groups in total. The van der Waals surface area contributed by atoms with Gasteiger partial charge < -0.3 is 9.30 Å². The lowest BCUT2D eigenvalue weighted by Crippen LogP contribution is -2.44. The molecule has 1 aliphatic rings. The van der Waals surface area contributed by atoms with E-state index in [1.165, 1.54) is 10.6 Å². The smallest absolute Gasteiger partial charge is 0.262 e. The van der Waals surface area contributed by atoms with Crippen LogP contribution < -0.4 is 4.74 Å². The van der Waals surface area contributed by atoms with Gasteiger partial charge in [-0.1, -0.05) is 0 Å². The zero-order chi connectivity index (χ0) is 16.4. The van der Waals surface area contributed by atoms with E-state index in [4.69, 9.17) is 4.74 Å². The van der Waals surface area contributed by atoms with Crippen LogP contribution >= 0.6 is 0 Å². The number of imidazole rings is 1. The highest BCUT2D eigenvalue weighted by Gasteiger charge is 2.33. The van der Waals surface area contributed by atoms with Gasteiger partial charge in [0, 0.05) is 32.1 Å². The zero-order valence-corrected chi connectivity index (χ0v) is 13.9. The lowest BCUT2D eigenvalue weighted by Gasteiger charge is -2.31. The zero-order valence-electron chi connectivity index (χ0n) is 13.1. The number of rotatable bonds is 4. The Morgan fingerprint density at radius 3 is 2.87 bits per heavy atom. The lowest BCUT2D eigenvalue weighted by molar-refractivity contribution is 0.124. The summed E-state index contributed by atoms with van der Waals surface area (Å²) in [5, 5.41) is 0.0835. The Balaban J connectivity index is 1.75. The molecule has 0 aromatic carbocycles. The summed E-state index contributed by atoms with van der Waals surface area (Å²) in [4.78, 5) is 12.0. The Labute approximate surface area is 135 Å². The summed E-state index contributed by atoms with van der Waals surface area (Å²) in [6.45, 7) is 2.54. The summed E-state index contributed by atoms with van der Waals surface area (Å²) < 4.78 is 34.3. The first-order valence-electron chi connectivity index (χ1n) is 7.39. The molecule has 9 heteroatoms. The van der Waals surface area contributed by atoms with Crippen LogP contribution in [0.25, 0.3) is 0 Å². The van der Waals surface area contributed by atoms with Crippen molar-refractivity contribution in [3.05, 3.63) is 30.6 Å². The number of aromatic nitrogens is 4. The van der Waals surface area contributed by atoms with Gasteiger partial charge in [-0.05, 0) is 19.8 Å². The van der Waals surface area contributed by atoms with Gasteiger partial charge in [0.15, 0.2) is 5.03 Å². The number of hydrogen-bond acceptors (Lipinski definition) is 6. The molecule has 1 fully saturated rings. The molecule has 0 saturated carbocycles. The summed E-state index contributed by atoms with van der Waals surface area (Å²) in [6, 6.07) is 1.66. The molecular weight excluding hydrogens is 318 g/mol. The molecule has 8 nitrogen and oxygen atoms in total. The van der Waals surface area contributed by atoms with E-state index < -0.39 is 10.0 Å².